The Labute approximate surface area is 92.4 Å². The summed E-state index contributed by atoms with van der Waals surface area (Å²) >= 11 is 0. The number of fused-ring (bicyclic) bond motifs is 1. The molecule has 0 aliphatic heterocycles. The number of carbonyl (C=O) groups is 1. The van der Waals surface area contributed by atoms with E-state index in [-0.39, 0.29) is 4.90 Å². The fraction of sp³-hybridized carbons (Fsp3) is 0.100. The van der Waals surface area contributed by atoms with Crippen LogP contribution in [0.3, 0.4) is 0 Å². The highest BCUT2D eigenvalue weighted by atomic mass is 32.2. The van der Waals surface area contributed by atoms with E-state index < -0.39 is 10.1 Å². The Morgan fingerprint density at radius 1 is 1.31 bits per heavy atom. The van der Waals surface area contributed by atoms with Crippen molar-refractivity contribution in [2.45, 2.75) is 4.90 Å². The van der Waals surface area contributed by atoms with Crippen LogP contribution in [0.2, 0.25) is 0 Å². The molecule has 5 nitrogen and oxygen atoms in total. The predicted molar refractivity (Wildman–Crippen MR) is 58.3 cm³/mol. The van der Waals surface area contributed by atoms with E-state index in [0.717, 1.165) is 12.5 Å². The first-order chi connectivity index (χ1) is 7.58. The first kappa shape index (κ1) is 10.8. The van der Waals surface area contributed by atoms with E-state index in [1.54, 1.807) is 18.3 Å². The molecule has 84 valence electrons. The molecule has 0 amide bonds. The van der Waals surface area contributed by atoms with Crippen LogP contribution in [-0.2, 0) is 19.1 Å². The van der Waals surface area contributed by atoms with Crippen molar-refractivity contribution in [2.24, 2.45) is 0 Å². The number of rotatable bonds is 3. The summed E-state index contributed by atoms with van der Waals surface area (Å²) < 4.78 is 28.6. The zero-order valence-electron chi connectivity index (χ0n) is 8.45. The van der Waals surface area contributed by atoms with Crippen LogP contribution in [0.15, 0.2) is 35.4 Å². The maximum absolute atomic E-state index is 11.4. The summed E-state index contributed by atoms with van der Waals surface area (Å²) in [5, 5.41) is 0.794. The maximum atomic E-state index is 11.4. The molecule has 0 atom stereocenters. The summed E-state index contributed by atoms with van der Waals surface area (Å²) in [5.41, 5.74) is 0.535. The van der Waals surface area contributed by atoms with E-state index in [9.17, 15) is 13.2 Å². The molecule has 1 heterocycles. The predicted octanol–water partition coefficient (Wildman–Crippen LogP) is 1.01. The van der Waals surface area contributed by atoms with Gasteiger partial charge in [-0.25, -0.2) is 0 Å². The normalized spacial score (nSPS) is 11.8. The first-order valence-electron chi connectivity index (χ1n) is 4.45. The number of benzene rings is 1. The number of hydrogen-bond acceptors (Lipinski definition) is 4. The molecule has 6 heteroatoms. The van der Waals surface area contributed by atoms with Gasteiger partial charge in [0.25, 0.3) is 10.1 Å². The molecule has 2 aromatic rings. The lowest BCUT2D eigenvalue weighted by Gasteiger charge is -2.02. The number of nitrogens with zero attached hydrogens (tertiary/aromatic N) is 1. The molecule has 2 rings (SSSR count). The van der Waals surface area contributed by atoms with E-state index in [1.165, 1.54) is 16.7 Å². The van der Waals surface area contributed by atoms with Gasteiger partial charge in [0.15, 0.2) is 0 Å². The molecule has 0 saturated heterocycles. The largest absolute Gasteiger partial charge is 0.296 e. The van der Waals surface area contributed by atoms with Crippen molar-refractivity contribution in [3.8, 4) is 0 Å². The third-order valence-electron chi connectivity index (χ3n) is 2.32. The van der Waals surface area contributed by atoms with E-state index in [2.05, 4.69) is 4.18 Å². The average Bonchev–Trinajstić information content (AvgIpc) is 2.70. The third kappa shape index (κ3) is 1.62. The van der Waals surface area contributed by atoms with Crippen molar-refractivity contribution in [1.82, 2.24) is 4.57 Å². The van der Waals surface area contributed by atoms with Crippen LogP contribution < -0.4 is 0 Å². The lowest BCUT2D eigenvalue weighted by atomic mass is 10.2. The Hall–Kier alpha value is -1.66. The fourth-order valence-corrected chi connectivity index (χ4v) is 2.16. The Balaban J connectivity index is 2.72. The second kappa shape index (κ2) is 3.73. The minimum atomic E-state index is -3.72. The van der Waals surface area contributed by atoms with Gasteiger partial charge in [0.2, 0.25) is 6.41 Å². The van der Waals surface area contributed by atoms with Crippen molar-refractivity contribution < 1.29 is 17.4 Å². The molecule has 0 unspecified atom stereocenters. The van der Waals surface area contributed by atoms with Crippen LogP contribution in [0.1, 0.15) is 0 Å². The Bertz CT molecular complexity index is 642. The van der Waals surface area contributed by atoms with E-state index in [0.29, 0.717) is 11.9 Å². The summed E-state index contributed by atoms with van der Waals surface area (Å²) in [4.78, 5) is 10.7. The maximum Gasteiger partial charge on any atom is 0.296 e. The number of aromatic nitrogens is 1. The van der Waals surface area contributed by atoms with Gasteiger partial charge in [-0.2, -0.15) is 8.42 Å². The van der Waals surface area contributed by atoms with Gasteiger partial charge < -0.3 is 0 Å². The topological polar surface area (TPSA) is 65.4 Å². The fourth-order valence-electron chi connectivity index (χ4n) is 1.47. The second-order valence-electron chi connectivity index (χ2n) is 3.17. The molecule has 0 fully saturated rings. The first-order valence-corrected chi connectivity index (χ1v) is 5.86. The average molecular weight is 239 g/mol. The number of carbonyl (C=O) groups excluding carboxylic acids is 1. The summed E-state index contributed by atoms with van der Waals surface area (Å²) in [6.07, 6.45) is 2.19. The van der Waals surface area contributed by atoms with Crippen molar-refractivity contribution in [2.75, 3.05) is 7.11 Å². The van der Waals surface area contributed by atoms with Crippen LogP contribution in [0.5, 0.6) is 0 Å². The monoisotopic (exact) mass is 239 g/mol. The highest BCUT2D eigenvalue weighted by Crippen LogP contribution is 2.20. The van der Waals surface area contributed by atoms with Gasteiger partial charge in [-0.3, -0.25) is 13.5 Å². The molecule has 0 aliphatic rings. The lowest BCUT2D eigenvalue weighted by Crippen LogP contribution is -2.03. The van der Waals surface area contributed by atoms with Crippen molar-refractivity contribution in [3.05, 3.63) is 30.5 Å². The van der Waals surface area contributed by atoms with Gasteiger partial charge in [0, 0.05) is 11.6 Å². The highest BCUT2D eigenvalue weighted by Gasteiger charge is 2.14. The summed E-state index contributed by atoms with van der Waals surface area (Å²) in [6, 6.07) is 6.20. The second-order valence-corrected chi connectivity index (χ2v) is 4.88. The Morgan fingerprint density at radius 2 is 2.06 bits per heavy atom. The zero-order chi connectivity index (χ0) is 11.8. The van der Waals surface area contributed by atoms with Crippen LogP contribution in [0, 0.1) is 0 Å². The van der Waals surface area contributed by atoms with Gasteiger partial charge in [-0.05, 0) is 18.2 Å². The standard InChI is InChI=1S/C10H9NO4S/c1-15-16(13,14)9-3-2-8-4-5-11(7-12)10(8)6-9/h2-7H,1H3. The highest BCUT2D eigenvalue weighted by molar-refractivity contribution is 7.86. The van der Waals surface area contributed by atoms with Crippen LogP contribution in [0.4, 0.5) is 0 Å². The molecule has 0 saturated carbocycles. The molecule has 1 aromatic heterocycles. The molecule has 0 spiro atoms. The minimum Gasteiger partial charge on any atom is -0.290 e. The Morgan fingerprint density at radius 3 is 2.69 bits per heavy atom. The van der Waals surface area contributed by atoms with E-state index in [4.69, 9.17) is 0 Å². The molecule has 16 heavy (non-hydrogen) atoms. The zero-order valence-corrected chi connectivity index (χ0v) is 9.27. The van der Waals surface area contributed by atoms with Crippen molar-refractivity contribution in [1.29, 1.82) is 0 Å². The third-order valence-corrected chi connectivity index (χ3v) is 3.59. The summed E-state index contributed by atoms with van der Waals surface area (Å²) in [6.45, 7) is 0. The smallest absolute Gasteiger partial charge is 0.290 e. The minimum absolute atomic E-state index is 0.0318. The molecule has 0 radical (unpaired) electrons. The molecular weight excluding hydrogens is 230 g/mol. The summed E-state index contributed by atoms with van der Waals surface area (Å²) in [5.74, 6) is 0. The molecule has 1 aromatic carbocycles. The molecule has 0 aliphatic carbocycles. The van der Waals surface area contributed by atoms with Gasteiger partial charge in [0.05, 0.1) is 17.5 Å². The van der Waals surface area contributed by atoms with Crippen LogP contribution >= 0.6 is 0 Å². The SMILES string of the molecule is COS(=O)(=O)c1ccc2ccn(C=O)c2c1. The summed E-state index contributed by atoms with van der Waals surface area (Å²) in [7, 11) is -2.63. The van der Waals surface area contributed by atoms with Crippen LogP contribution in [-0.4, -0.2) is 26.5 Å². The Kier molecular flexibility index (Phi) is 2.53. The van der Waals surface area contributed by atoms with Crippen molar-refractivity contribution in [3.63, 3.8) is 0 Å². The number of hydrogen-bond donors (Lipinski definition) is 0. The quantitative estimate of drug-likeness (QED) is 0.592. The van der Waals surface area contributed by atoms with E-state index >= 15 is 0 Å². The van der Waals surface area contributed by atoms with Gasteiger partial charge >= 0.3 is 0 Å². The van der Waals surface area contributed by atoms with Gasteiger partial charge in [-0.15, -0.1) is 0 Å². The van der Waals surface area contributed by atoms with Gasteiger partial charge in [0.1, 0.15) is 0 Å². The van der Waals surface area contributed by atoms with Crippen LogP contribution in [0.25, 0.3) is 10.9 Å². The van der Waals surface area contributed by atoms with E-state index in [1.807, 2.05) is 0 Å². The molecule has 0 N–H and O–H groups in total. The van der Waals surface area contributed by atoms with Gasteiger partial charge in [-0.1, -0.05) is 6.07 Å². The van der Waals surface area contributed by atoms with Crippen molar-refractivity contribution >= 4 is 27.4 Å². The lowest BCUT2D eigenvalue weighted by molar-refractivity contribution is 0.398. The molecular formula is C10H9NO4S. The molecule has 0 bridgehead atoms.